The fourth-order valence-corrected chi connectivity index (χ4v) is 3.90. The molecule has 0 bridgehead atoms. The molecule has 1 aromatic heterocycles. The van der Waals surface area contributed by atoms with Crippen molar-refractivity contribution in [1.29, 1.82) is 0 Å². The van der Waals surface area contributed by atoms with E-state index in [-0.39, 0.29) is 24.8 Å². The third-order valence-electron chi connectivity index (χ3n) is 5.65. The number of carbonyl (C=O) groups excluding carboxylic acids is 3. The minimum Gasteiger partial charge on any atom is -0.497 e. The van der Waals surface area contributed by atoms with Crippen LogP contribution in [0.5, 0.6) is 5.75 Å². The predicted octanol–water partition coefficient (Wildman–Crippen LogP) is 2.39. The number of aromatic amines is 1. The molecule has 0 radical (unpaired) electrons. The average Bonchev–Trinajstić information content (AvgIpc) is 3.32. The molecule has 32 heavy (non-hydrogen) atoms. The number of ether oxygens (including phenoxy) is 1. The topological polar surface area (TPSA) is 104 Å². The van der Waals surface area contributed by atoms with Crippen molar-refractivity contribution in [3.8, 4) is 5.75 Å². The molecule has 8 nitrogen and oxygen atoms in total. The molecule has 4 amide bonds. The molecule has 0 aliphatic carbocycles. The van der Waals surface area contributed by atoms with Crippen molar-refractivity contribution in [2.24, 2.45) is 0 Å². The van der Waals surface area contributed by atoms with Crippen LogP contribution in [-0.4, -0.2) is 54.0 Å². The molecule has 2 aromatic carbocycles. The maximum absolute atomic E-state index is 12.6. The number of urea groups is 1. The van der Waals surface area contributed by atoms with Crippen molar-refractivity contribution in [1.82, 2.24) is 20.5 Å². The van der Waals surface area contributed by atoms with Crippen molar-refractivity contribution in [2.75, 3.05) is 20.2 Å². The number of nitrogens with one attached hydrogen (secondary N) is 3. The molecule has 3 N–H and O–H groups in total. The van der Waals surface area contributed by atoms with E-state index in [1.54, 1.807) is 7.11 Å². The van der Waals surface area contributed by atoms with Gasteiger partial charge in [0.05, 0.1) is 13.5 Å². The normalized spacial score (nSPS) is 15.8. The molecule has 4 rings (SSSR count). The first-order valence-corrected chi connectivity index (χ1v) is 10.6. The molecule has 166 valence electrons. The Balaban J connectivity index is 1.26. The number of H-pyrrole nitrogens is 1. The van der Waals surface area contributed by atoms with Crippen molar-refractivity contribution in [3.05, 3.63) is 65.9 Å². The van der Waals surface area contributed by atoms with E-state index in [1.807, 2.05) is 54.7 Å². The van der Waals surface area contributed by atoms with Gasteiger partial charge in [0.25, 0.3) is 5.91 Å². The number of imide groups is 1. The zero-order valence-corrected chi connectivity index (χ0v) is 17.9. The lowest BCUT2D eigenvalue weighted by Gasteiger charge is -2.13. The van der Waals surface area contributed by atoms with E-state index in [0.717, 1.165) is 27.8 Å². The van der Waals surface area contributed by atoms with Crippen molar-refractivity contribution < 1.29 is 19.1 Å². The van der Waals surface area contributed by atoms with Gasteiger partial charge in [0.1, 0.15) is 11.8 Å². The van der Waals surface area contributed by atoms with Gasteiger partial charge in [-0.3, -0.25) is 14.5 Å². The summed E-state index contributed by atoms with van der Waals surface area (Å²) in [6.45, 7) is 0.715. The Morgan fingerprint density at radius 3 is 2.72 bits per heavy atom. The molecule has 0 unspecified atom stereocenters. The van der Waals surface area contributed by atoms with E-state index < -0.39 is 12.1 Å². The lowest BCUT2D eigenvalue weighted by Crippen LogP contribution is -2.37. The second-order valence-electron chi connectivity index (χ2n) is 7.76. The van der Waals surface area contributed by atoms with Gasteiger partial charge in [-0.15, -0.1) is 0 Å². The van der Waals surface area contributed by atoms with Crippen LogP contribution in [0.2, 0.25) is 0 Å². The van der Waals surface area contributed by atoms with Crippen molar-refractivity contribution in [2.45, 2.75) is 25.3 Å². The first kappa shape index (κ1) is 21.4. The fraction of sp³-hybridized carbons (Fsp3) is 0.292. The van der Waals surface area contributed by atoms with Crippen LogP contribution in [0.25, 0.3) is 10.9 Å². The lowest BCUT2D eigenvalue weighted by molar-refractivity contribution is -0.130. The third-order valence-corrected chi connectivity index (χ3v) is 5.65. The molecule has 1 aliphatic rings. The fourth-order valence-electron chi connectivity index (χ4n) is 3.90. The molecular formula is C24H26N4O4. The maximum atomic E-state index is 12.6. The van der Waals surface area contributed by atoms with E-state index >= 15 is 0 Å². The van der Waals surface area contributed by atoms with Crippen LogP contribution in [-0.2, 0) is 22.4 Å². The zero-order chi connectivity index (χ0) is 22.5. The molecule has 1 atom stereocenters. The van der Waals surface area contributed by atoms with Crippen molar-refractivity contribution >= 4 is 28.7 Å². The number of carbonyl (C=O) groups is 3. The molecule has 1 fully saturated rings. The summed E-state index contributed by atoms with van der Waals surface area (Å²) < 4.78 is 5.28. The molecule has 0 spiro atoms. The number of fused-ring (bicyclic) bond motifs is 1. The van der Waals surface area contributed by atoms with Crippen LogP contribution in [0.1, 0.15) is 17.5 Å². The molecule has 2 heterocycles. The van der Waals surface area contributed by atoms with Gasteiger partial charge in [-0.25, -0.2) is 4.79 Å². The Bertz CT molecular complexity index is 1130. The minimum absolute atomic E-state index is 0.0753. The van der Waals surface area contributed by atoms with Crippen LogP contribution >= 0.6 is 0 Å². The van der Waals surface area contributed by atoms with Crippen LogP contribution in [0, 0.1) is 0 Å². The number of benzene rings is 2. The summed E-state index contributed by atoms with van der Waals surface area (Å²) in [5.74, 6) is 0.144. The Hall–Kier alpha value is -3.81. The number of methoxy groups -OCH3 is 1. The number of hydrogen-bond donors (Lipinski definition) is 3. The first-order chi connectivity index (χ1) is 15.5. The number of amides is 4. The average molecular weight is 434 g/mol. The number of aromatic nitrogens is 1. The summed E-state index contributed by atoms with van der Waals surface area (Å²) in [6.07, 6.45) is 3.05. The highest BCUT2D eigenvalue weighted by Gasteiger charge is 2.38. The van der Waals surface area contributed by atoms with Gasteiger partial charge in [0.2, 0.25) is 5.91 Å². The van der Waals surface area contributed by atoms with E-state index in [9.17, 15) is 14.4 Å². The van der Waals surface area contributed by atoms with E-state index in [1.165, 1.54) is 4.90 Å². The van der Waals surface area contributed by atoms with Gasteiger partial charge in [-0.2, -0.15) is 0 Å². The Labute approximate surface area is 185 Å². The SMILES string of the molecule is COc1ccc2[nH]cc(CCNC(=O)C[C@@H]3NC(=O)N(CCc4ccccc4)C3=O)c2c1. The minimum atomic E-state index is -0.823. The molecule has 8 heteroatoms. The zero-order valence-electron chi connectivity index (χ0n) is 17.9. The highest BCUT2D eigenvalue weighted by Crippen LogP contribution is 2.23. The quantitative estimate of drug-likeness (QED) is 0.450. The van der Waals surface area contributed by atoms with Crippen LogP contribution < -0.4 is 15.4 Å². The summed E-state index contributed by atoms with van der Waals surface area (Å²) in [4.78, 5) is 41.5. The first-order valence-electron chi connectivity index (χ1n) is 10.6. The lowest BCUT2D eigenvalue weighted by atomic mass is 10.1. The van der Waals surface area contributed by atoms with Gasteiger partial charge in [0.15, 0.2) is 0 Å². The molecule has 1 aliphatic heterocycles. The van der Waals surface area contributed by atoms with Gasteiger partial charge < -0.3 is 20.4 Å². The summed E-state index contributed by atoms with van der Waals surface area (Å²) in [7, 11) is 1.62. The smallest absolute Gasteiger partial charge is 0.324 e. The van der Waals surface area contributed by atoms with Gasteiger partial charge in [-0.1, -0.05) is 30.3 Å². The second-order valence-corrected chi connectivity index (χ2v) is 7.76. The van der Waals surface area contributed by atoms with E-state index in [4.69, 9.17) is 4.74 Å². The summed E-state index contributed by atoms with van der Waals surface area (Å²) in [5, 5.41) is 6.51. The Morgan fingerprint density at radius 1 is 1.12 bits per heavy atom. The predicted molar refractivity (Wildman–Crippen MR) is 120 cm³/mol. The summed E-state index contributed by atoms with van der Waals surface area (Å²) in [5.41, 5.74) is 3.11. The largest absolute Gasteiger partial charge is 0.497 e. The number of nitrogens with zero attached hydrogens (tertiary/aromatic N) is 1. The van der Waals surface area contributed by atoms with E-state index in [2.05, 4.69) is 15.6 Å². The van der Waals surface area contributed by atoms with Crippen LogP contribution in [0.15, 0.2) is 54.7 Å². The molecule has 1 saturated heterocycles. The van der Waals surface area contributed by atoms with Crippen molar-refractivity contribution in [3.63, 3.8) is 0 Å². The van der Waals surface area contributed by atoms with Gasteiger partial charge >= 0.3 is 6.03 Å². The number of hydrogen-bond acceptors (Lipinski definition) is 4. The molecular weight excluding hydrogens is 408 g/mol. The third kappa shape index (κ3) is 4.74. The molecule has 3 aromatic rings. The number of rotatable bonds is 9. The second kappa shape index (κ2) is 9.55. The van der Waals surface area contributed by atoms with Crippen LogP contribution in [0.4, 0.5) is 4.79 Å². The standard InChI is InChI=1S/C24H26N4O4/c1-32-18-7-8-20-19(13-18)17(15-26-20)9-11-25-22(29)14-21-23(30)28(24(31)27-21)12-10-16-5-3-2-4-6-16/h2-8,13,15,21,26H,9-12,14H2,1H3,(H,25,29)(H,27,31)/t21-/m0/s1. The summed E-state index contributed by atoms with van der Waals surface area (Å²) >= 11 is 0. The molecule has 0 saturated carbocycles. The highest BCUT2D eigenvalue weighted by atomic mass is 16.5. The Morgan fingerprint density at radius 2 is 1.94 bits per heavy atom. The summed E-state index contributed by atoms with van der Waals surface area (Å²) in [6, 6.07) is 14.2. The van der Waals surface area contributed by atoms with E-state index in [0.29, 0.717) is 19.4 Å². The monoisotopic (exact) mass is 434 g/mol. The van der Waals surface area contributed by atoms with Gasteiger partial charge in [-0.05, 0) is 42.2 Å². The maximum Gasteiger partial charge on any atom is 0.324 e. The van der Waals surface area contributed by atoms with Crippen LogP contribution in [0.3, 0.4) is 0 Å². The Kier molecular flexibility index (Phi) is 6.39. The highest BCUT2D eigenvalue weighted by molar-refractivity contribution is 6.05. The van der Waals surface area contributed by atoms with Gasteiger partial charge in [0, 0.05) is 30.2 Å².